The van der Waals surface area contributed by atoms with Crippen LogP contribution in [0.4, 0.5) is 0 Å². The van der Waals surface area contributed by atoms with Gasteiger partial charge in [-0.3, -0.25) is 0 Å². The van der Waals surface area contributed by atoms with Crippen LogP contribution in [-0.4, -0.2) is 62.0 Å². The predicted octanol–water partition coefficient (Wildman–Crippen LogP) is 7.58. The summed E-state index contributed by atoms with van der Waals surface area (Å²) >= 11 is -2.19. The van der Waals surface area contributed by atoms with Gasteiger partial charge in [-0.15, -0.1) is 6.58 Å². The molecule has 2 rings (SSSR count). The van der Waals surface area contributed by atoms with Crippen LogP contribution in [0.3, 0.4) is 0 Å². The second-order valence-corrected chi connectivity index (χ2v) is 24.6. The molecule has 0 spiro atoms. The summed E-state index contributed by atoms with van der Waals surface area (Å²) in [5.41, 5.74) is 0. The average Bonchev–Trinajstić information content (AvgIpc) is 2.88. The SMILES string of the molecule is C=C[C@@H]1OCCC[C@H]1OC(=O)C[C@H]1OCCC[C@@H]1O/C=C\[CH2][Sn]([CH2]CCC)([CH2]CCC)[CH2]CCC. The van der Waals surface area contributed by atoms with Crippen molar-refractivity contribution in [3.8, 4) is 0 Å². The minimum absolute atomic E-state index is 0.0862. The first-order valence-electron chi connectivity index (χ1n) is 14.4. The third-order valence-electron chi connectivity index (χ3n) is 7.65. The Kier molecular flexibility index (Phi) is 15.6. The van der Waals surface area contributed by atoms with Crippen molar-refractivity contribution >= 4 is 24.3 Å². The summed E-state index contributed by atoms with van der Waals surface area (Å²) in [5, 5.41) is 0. The number of allylic oxidation sites excluding steroid dienone is 1. The molecule has 202 valence electrons. The van der Waals surface area contributed by atoms with E-state index in [0.717, 1.165) is 25.7 Å². The molecule has 0 unspecified atom stereocenters. The zero-order valence-corrected chi connectivity index (χ0v) is 25.7. The number of hydrogen-bond acceptors (Lipinski definition) is 5. The molecular weight excluding hydrogens is 547 g/mol. The second-order valence-electron chi connectivity index (χ2n) is 10.6. The number of unbranched alkanes of at least 4 members (excludes halogenated alkanes) is 3. The van der Waals surface area contributed by atoms with E-state index >= 15 is 0 Å². The zero-order chi connectivity index (χ0) is 25.4. The molecule has 0 amide bonds. The van der Waals surface area contributed by atoms with Crippen LogP contribution in [0.15, 0.2) is 25.0 Å². The van der Waals surface area contributed by atoms with Crippen LogP contribution in [0.25, 0.3) is 0 Å². The molecule has 35 heavy (non-hydrogen) atoms. The van der Waals surface area contributed by atoms with Crippen LogP contribution < -0.4 is 0 Å². The Labute approximate surface area is 219 Å². The molecule has 0 aromatic carbocycles. The molecule has 2 aliphatic rings. The third kappa shape index (κ3) is 11.2. The van der Waals surface area contributed by atoms with E-state index in [2.05, 4.69) is 33.4 Å². The Morgan fingerprint density at radius 1 is 0.943 bits per heavy atom. The molecule has 0 aliphatic carbocycles. The van der Waals surface area contributed by atoms with E-state index in [9.17, 15) is 4.79 Å². The maximum absolute atomic E-state index is 12.7. The maximum atomic E-state index is 12.7. The number of hydrogen-bond donors (Lipinski definition) is 0. The van der Waals surface area contributed by atoms with E-state index < -0.39 is 18.4 Å². The van der Waals surface area contributed by atoms with Gasteiger partial charge in [0.25, 0.3) is 0 Å². The molecule has 0 aromatic rings. The number of esters is 1. The monoisotopic (exact) mass is 600 g/mol. The van der Waals surface area contributed by atoms with Gasteiger partial charge < -0.3 is 0 Å². The van der Waals surface area contributed by atoms with E-state index in [0.29, 0.717) is 13.2 Å². The van der Waals surface area contributed by atoms with E-state index in [1.165, 1.54) is 56.3 Å². The van der Waals surface area contributed by atoms with Gasteiger partial charge in [0, 0.05) is 6.61 Å². The molecule has 2 aliphatic heterocycles. The van der Waals surface area contributed by atoms with Crippen molar-refractivity contribution < 1.29 is 23.7 Å². The van der Waals surface area contributed by atoms with Crippen molar-refractivity contribution in [2.75, 3.05) is 13.2 Å². The Bertz CT molecular complexity index is 600. The van der Waals surface area contributed by atoms with Crippen molar-refractivity contribution in [2.45, 2.75) is 134 Å². The number of ether oxygens (including phenoxy) is 4. The van der Waals surface area contributed by atoms with Crippen molar-refractivity contribution in [2.24, 2.45) is 0 Å². The van der Waals surface area contributed by atoms with E-state index in [1.54, 1.807) is 6.08 Å². The molecule has 6 heteroatoms. The van der Waals surface area contributed by atoms with Crippen LogP contribution in [-0.2, 0) is 23.7 Å². The number of rotatable bonds is 17. The fourth-order valence-corrected chi connectivity index (χ4v) is 20.5. The van der Waals surface area contributed by atoms with Gasteiger partial charge in [-0.1, -0.05) is 0 Å². The second kappa shape index (κ2) is 17.8. The van der Waals surface area contributed by atoms with Gasteiger partial charge in [-0.05, 0) is 0 Å². The summed E-state index contributed by atoms with van der Waals surface area (Å²) in [4.78, 5) is 12.7. The van der Waals surface area contributed by atoms with Crippen LogP contribution in [0.5, 0.6) is 0 Å². The van der Waals surface area contributed by atoms with Crippen molar-refractivity contribution in [3.63, 3.8) is 0 Å². The molecule has 2 saturated heterocycles. The summed E-state index contributed by atoms with van der Waals surface area (Å²) in [6, 6.07) is 0. The third-order valence-corrected chi connectivity index (χ3v) is 22.9. The van der Waals surface area contributed by atoms with E-state index in [-0.39, 0.29) is 36.8 Å². The van der Waals surface area contributed by atoms with Crippen LogP contribution in [0.1, 0.15) is 91.4 Å². The Balaban J connectivity index is 1.91. The minimum atomic E-state index is -2.19. The summed E-state index contributed by atoms with van der Waals surface area (Å²) < 4.78 is 29.4. The van der Waals surface area contributed by atoms with Gasteiger partial charge in [0.15, 0.2) is 0 Å². The zero-order valence-electron chi connectivity index (χ0n) is 22.8. The van der Waals surface area contributed by atoms with Gasteiger partial charge >= 0.3 is 207 Å². The molecule has 0 aromatic heterocycles. The van der Waals surface area contributed by atoms with Crippen LogP contribution in [0.2, 0.25) is 17.7 Å². The van der Waals surface area contributed by atoms with Crippen molar-refractivity contribution in [1.29, 1.82) is 0 Å². The molecule has 0 N–H and O–H groups in total. The predicted molar refractivity (Wildman–Crippen MR) is 146 cm³/mol. The summed E-state index contributed by atoms with van der Waals surface area (Å²) in [7, 11) is 0. The standard InChI is InChI=1S/C17H25O5.3C4H9.Sn/c1-3-9-19-14-7-5-11-21-16(14)12-17(18)22-15-8-6-10-20-13(15)4-2;3*1-3-4-2;/h3-4,9,13-16H,1-2,5-8,10-12H2;3*1,3-4H2,2H3;/b9-3-;;;;/t13-,14-,15+,16+;;;;/m0..../s1. The van der Waals surface area contributed by atoms with Gasteiger partial charge in [-0.25, -0.2) is 0 Å². The fourth-order valence-electron chi connectivity index (χ4n) is 5.45. The molecule has 4 atom stereocenters. The molecule has 5 nitrogen and oxygen atoms in total. The first kappa shape index (κ1) is 30.7. The van der Waals surface area contributed by atoms with Crippen LogP contribution in [0, 0.1) is 0 Å². The van der Waals surface area contributed by atoms with Gasteiger partial charge in [-0.2, -0.15) is 0 Å². The Morgan fingerprint density at radius 2 is 1.54 bits per heavy atom. The van der Waals surface area contributed by atoms with E-state index in [1.807, 2.05) is 6.26 Å². The first-order chi connectivity index (χ1) is 17.1. The topological polar surface area (TPSA) is 54.0 Å². The fraction of sp³-hybridized carbons (Fsp3) is 0.828. The molecule has 0 radical (unpaired) electrons. The van der Waals surface area contributed by atoms with Gasteiger partial charge in [0.1, 0.15) is 0 Å². The normalized spacial score (nSPS) is 25.5. The molecule has 0 bridgehead atoms. The summed E-state index contributed by atoms with van der Waals surface area (Å²) in [5.74, 6) is -0.231. The quantitative estimate of drug-likeness (QED) is 0.0747. The van der Waals surface area contributed by atoms with Crippen molar-refractivity contribution in [1.82, 2.24) is 0 Å². The molecule has 0 saturated carbocycles. The average molecular weight is 599 g/mol. The van der Waals surface area contributed by atoms with Crippen molar-refractivity contribution in [3.05, 3.63) is 25.0 Å². The van der Waals surface area contributed by atoms with E-state index in [4.69, 9.17) is 18.9 Å². The Morgan fingerprint density at radius 3 is 2.14 bits per heavy atom. The summed E-state index contributed by atoms with van der Waals surface area (Å²) in [6.45, 7) is 12.1. The number of carbonyl (C=O) groups is 1. The molecule has 2 heterocycles. The van der Waals surface area contributed by atoms with Crippen LogP contribution >= 0.6 is 0 Å². The molecular formula is C29H52O5Sn. The first-order valence-corrected chi connectivity index (χ1v) is 22.5. The van der Waals surface area contributed by atoms with Gasteiger partial charge in [0.2, 0.25) is 0 Å². The number of carbonyl (C=O) groups excluding carboxylic acids is 1. The summed E-state index contributed by atoms with van der Waals surface area (Å²) in [6.07, 6.45) is 17.1. The molecule has 2 fully saturated rings. The van der Waals surface area contributed by atoms with Gasteiger partial charge in [0.05, 0.1) is 0 Å². The Hall–Kier alpha value is -0.531.